The van der Waals surface area contributed by atoms with Crippen LogP contribution in [-0.4, -0.2) is 26.3 Å². The van der Waals surface area contributed by atoms with Gasteiger partial charge in [-0.1, -0.05) is 30.3 Å². The van der Waals surface area contributed by atoms with Gasteiger partial charge in [0.05, 0.1) is 24.7 Å². The lowest BCUT2D eigenvalue weighted by Crippen LogP contribution is -2.18. The van der Waals surface area contributed by atoms with E-state index in [1.54, 1.807) is 19.2 Å². The number of aryl methyl sites for hydroxylation is 1. The highest BCUT2D eigenvalue weighted by Gasteiger charge is 2.11. The highest BCUT2D eigenvalue weighted by Crippen LogP contribution is 2.20. The molecule has 0 saturated carbocycles. The summed E-state index contributed by atoms with van der Waals surface area (Å²) in [6, 6.07) is 20.4. The Kier molecular flexibility index (Phi) is 5.93. The van der Waals surface area contributed by atoms with E-state index in [0.717, 1.165) is 17.0 Å². The first-order valence-electron chi connectivity index (χ1n) is 8.46. The zero-order chi connectivity index (χ0) is 19.1. The van der Waals surface area contributed by atoms with Gasteiger partial charge < -0.3 is 10.1 Å². The Labute approximate surface area is 159 Å². The third-order valence-electron chi connectivity index (χ3n) is 3.90. The van der Waals surface area contributed by atoms with Crippen LogP contribution in [0.3, 0.4) is 0 Å². The standard InChI is InChI=1S/C20H21N3O3S/c1-26-19-10-7-17(8-11-19)22-20-12-9-18(15-21-20)23-27(24,25)14-13-16-5-3-2-4-6-16/h2-12,15,23H,13-14H2,1H3,(H,21,22). The number of benzene rings is 2. The summed E-state index contributed by atoms with van der Waals surface area (Å²) >= 11 is 0. The van der Waals surface area contributed by atoms with Gasteiger partial charge in [-0.2, -0.15) is 0 Å². The molecule has 0 fully saturated rings. The number of nitrogens with one attached hydrogen (secondary N) is 2. The van der Waals surface area contributed by atoms with Gasteiger partial charge in [-0.05, 0) is 48.4 Å². The number of aromatic nitrogens is 1. The molecule has 6 nitrogen and oxygen atoms in total. The van der Waals surface area contributed by atoms with Crippen molar-refractivity contribution in [1.29, 1.82) is 0 Å². The van der Waals surface area contributed by atoms with Gasteiger partial charge in [0.25, 0.3) is 0 Å². The van der Waals surface area contributed by atoms with E-state index in [0.29, 0.717) is 17.9 Å². The minimum atomic E-state index is -3.44. The molecule has 0 aliphatic heterocycles. The summed E-state index contributed by atoms with van der Waals surface area (Å²) in [5, 5.41) is 3.15. The molecule has 1 heterocycles. The van der Waals surface area contributed by atoms with Crippen molar-refractivity contribution in [1.82, 2.24) is 4.98 Å². The third-order valence-corrected chi connectivity index (χ3v) is 5.19. The van der Waals surface area contributed by atoms with Crippen molar-refractivity contribution in [2.24, 2.45) is 0 Å². The maximum atomic E-state index is 12.2. The van der Waals surface area contributed by atoms with Crippen LogP contribution in [0.4, 0.5) is 17.2 Å². The molecule has 27 heavy (non-hydrogen) atoms. The molecular weight excluding hydrogens is 362 g/mol. The first-order chi connectivity index (χ1) is 13.0. The zero-order valence-electron chi connectivity index (χ0n) is 14.9. The summed E-state index contributed by atoms with van der Waals surface area (Å²) in [4.78, 5) is 4.25. The van der Waals surface area contributed by atoms with Crippen LogP contribution in [0, 0.1) is 0 Å². The van der Waals surface area contributed by atoms with E-state index in [1.165, 1.54) is 6.20 Å². The number of methoxy groups -OCH3 is 1. The average molecular weight is 383 g/mol. The predicted octanol–water partition coefficient (Wildman–Crippen LogP) is 3.82. The van der Waals surface area contributed by atoms with Crippen molar-refractivity contribution < 1.29 is 13.2 Å². The maximum Gasteiger partial charge on any atom is 0.233 e. The Morgan fingerprint density at radius 1 is 0.926 bits per heavy atom. The fraction of sp³-hybridized carbons (Fsp3) is 0.150. The summed E-state index contributed by atoms with van der Waals surface area (Å²) < 4.78 is 32.2. The van der Waals surface area contributed by atoms with Gasteiger partial charge in [0.2, 0.25) is 10.0 Å². The average Bonchev–Trinajstić information content (AvgIpc) is 2.69. The Hall–Kier alpha value is -3.06. The second-order valence-corrected chi connectivity index (χ2v) is 7.78. The molecule has 0 aliphatic rings. The molecule has 0 spiro atoms. The van der Waals surface area contributed by atoms with Crippen LogP contribution in [0.1, 0.15) is 5.56 Å². The number of hydrogen-bond acceptors (Lipinski definition) is 5. The summed E-state index contributed by atoms with van der Waals surface area (Å²) in [5.74, 6) is 1.41. The van der Waals surface area contributed by atoms with Crippen molar-refractivity contribution in [3.05, 3.63) is 78.5 Å². The van der Waals surface area contributed by atoms with Gasteiger partial charge in [-0.3, -0.25) is 4.72 Å². The minimum absolute atomic E-state index is 0.0167. The van der Waals surface area contributed by atoms with Crippen LogP contribution in [0.2, 0.25) is 0 Å². The van der Waals surface area contributed by atoms with Crippen LogP contribution in [-0.2, 0) is 16.4 Å². The lowest BCUT2D eigenvalue weighted by molar-refractivity contribution is 0.415. The number of anilines is 3. The van der Waals surface area contributed by atoms with Gasteiger partial charge in [-0.25, -0.2) is 13.4 Å². The Bertz CT molecular complexity index is 958. The summed E-state index contributed by atoms with van der Waals surface area (Å²) in [6.07, 6.45) is 1.95. The van der Waals surface area contributed by atoms with E-state index in [-0.39, 0.29) is 5.75 Å². The lowest BCUT2D eigenvalue weighted by atomic mass is 10.2. The monoisotopic (exact) mass is 383 g/mol. The number of hydrogen-bond donors (Lipinski definition) is 2. The van der Waals surface area contributed by atoms with Gasteiger partial charge in [0.1, 0.15) is 11.6 Å². The number of nitrogens with zero attached hydrogens (tertiary/aromatic N) is 1. The van der Waals surface area contributed by atoms with E-state index < -0.39 is 10.0 Å². The van der Waals surface area contributed by atoms with Crippen LogP contribution < -0.4 is 14.8 Å². The largest absolute Gasteiger partial charge is 0.497 e. The molecule has 3 aromatic rings. The Morgan fingerprint density at radius 3 is 2.26 bits per heavy atom. The molecular formula is C20H21N3O3S. The molecule has 0 unspecified atom stereocenters. The Balaban J connectivity index is 1.57. The van der Waals surface area contributed by atoms with Crippen molar-refractivity contribution in [3.8, 4) is 5.75 Å². The summed E-state index contributed by atoms with van der Waals surface area (Å²) in [6.45, 7) is 0. The highest BCUT2D eigenvalue weighted by molar-refractivity contribution is 7.92. The second-order valence-electron chi connectivity index (χ2n) is 5.94. The summed E-state index contributed by atoms with van der Waals surface area (Å²) in [7, 11) is -1.82. The molecule has 0 atom stereocenters. The van der Waals surface area contributed by atoms with Gasteiger partial charge >= 0.3 is 0 Å². The summed E-state index contributed by atoms with van der Waals surface area (Å²) in [5.41, 5.74) is 2.28. The van der Waals surface area contributed by atoms with E-state index >= 15 is 0 Å². The van der Waals surface area contributed by atoms with Crippen LogP contribution in [0.25, 0.3) is 0 Å². The molecule has 7 heteroatoms. The van der Waals surface area contributed by atoms with Crippen molar-refractivity contribution in [3.63, 3.8) is 0 Å². The molecule has 140 valence electrons. The molecule has 0 saturated heterocycles. The molecule has 2 aromatic carbocycles. The van der Waals surface area contributed by atoms with E-state index in [2.05, 4.69) is 15.0 Å². The molecule has 3 rings (SSSR count). The molecule has 2 N–H and O–H groups in total. The number of pyridine rings is 1. The first kappa shape index (κ1) is 18.7. The highest BCUT2D eigenvalue weighted by atomic mass is 32.2. The van der Waals surface area contributed by atoms with E-state index in [1.807, 2.05) is 54.6 Å². The van der Waals surface area contributed by atoms with Crippen LogP contribution in [0.15, 0.2) is 72.9 Å². The zero-order valence-corrected chi connectivity index (χ0v) is 15.7. The number of sulfonamides is 1. The first-order valence-corrected chi connectivity index (χ1v) is 10.1. The predicted molar refractivity (Wildman–Crippen MR) is 108 cm³/mol. The topological polar surface area (TPSA) is 80.3 Å². The fourth-order valence-corrected chi connectivity index (χ4v) is 3.56. The van der Waals surface area contributed by atoms with Crippen LogP contribution in [0.5, 0.6) is 5.75 Å². The minimum Gasteiger partial charge on any atom is -0.497 e. The maximum absolute atomic E-state index is 12.2. The van der Waals surface area contributed by atoms with Crippen molar-refractivity contribution in [2.75, 3.05) is 22.9 Å². The number of ether oxygens (including phenoxy) is 1. The second kappa shape index (κ2) is 8.55. The van der Waals surface area contributed by atoms with Gasteiger partial charge in [-0.15, -0.1) is 0 Å². The van der Waals surface area contributed by atoms with Crippen molar-refractivity contribution in [2.45, 2.75) is 6.42 Å². The van der Waals surface area contributed by atoms with Crippen LogP contribution >= 0.6 is 0 Å². The van der Waals surface area contributed by atoms with Gasteiger partial charge in [0, 0.05) is 5.69 Å². The van der Waals surface area contributed by atoms with E-state index in [9.17, 15) is 8.42 Å². The Morgan fingerprint density at radius 2 is 1.63 bits per heavy atom. The molecule has 0 amide bonds. The fourth-order valence-electron chi connectivity index (χ4n) is 2.48. The van der Waals surface area contributed by atoms with Gasteiger partial charge in [0.15, 0.2) is 0 Å². The molecule has 1 aromatic heterocycles. The molecule has 0 bridgehead atoms. The number of rotatable bonds is 8. The molecule has 0 aliphatic carbocycles. The smallest absolute Gasteiger partial charge is 0.233 e. The normalized spacial score (nSPS) is 11.0. The SMILES string of the molecule is COc1ccc(Nc2ccc(NS(=O)(=O)CCc3ccccc3)cn2)cc1. The van der Waals surface area contributed by atoms with Crippen molar-refractivity contribution >= 4 is 27.2 Å². The van der Waals surface area contributed by atoms with E-state index in [4.69, 9.17) is 4.74 Å². The quantitative estimate of drug-likeness (QED) is 0.618. The lowest BCUT2D eigenvalue weighted by Gasteiger charge is -2.10. The molecule has 0 radical (unpaired) electrons. The third kappa shape index (κ3) is 5.72.